The third kappa shape index (κ3) is 4.13. The van der Waals surface area contributed by atoms with Gasteiger partial charge in [-0.15, -0.1) is 0 Å². The predicted octanol–water partition coefficient (Wildman–Crippen LogP) is 5.50. The molecule has 0 aliphatic rings. The first-order chi connectivity index (χ1) is 13.7. The average molecular weight is 388 g/mol. The summed E-state index contributed by atoms with van der Waals surface area (Å²) in [7, 11) is 0. The van der Waals surface area contributed by atoms with Crippen LogP contribution in [0.2, 0.25) is 5.02 Å². The zero-order valence-electron chi connectivity index (χ0n) is 15.0. The van der Waals surface area contributed by atoms with E-state index in [1.54, 1.807) is 23.0 Å². The van der Waals surface area contributed by atoms with Gasteiger partial charge in [0, 0.05) is 11.8 Å². The number of hydrogen-bond donors (Lipinski definition) is 1. The molecule has 5 heteroatoms. The molecule has 4 aromatic rings. The van der Waals surface area contributed by atoms with Crippen molar-refractivity contribution in [2.24, 2.45) is 0 Å². The highest BCUT2D eigenvalue weighted by Gasteiger charge is 2.13. The Bertz CT molecular complexity index is 1070. The van der Waals surface area contributed by atoms with Crippen molar-refractivity contribution in [1.82, 2.24) is 9.78 Å². The van der Waals surface area contributed by atoms with Crippen LogP contribution in [0.1, 0.15) is 15.9 Å². The number of nitrogens with zero attached hydrogens (tertiary/aromatic N) is 2. The summed E-state index contributed by atoms with van der Waals surface area (Å²) >= 11 is 6.25. The minimum Gasteiger partial charge on any atom is -0.304 e. The van der Waals surface area contributed by atoms with Crippen LogP contribution in [0.15, 0.2) is 91.1 Å². The molecule has 4 nitrogen and oxygen atoms in total. The van der Waals surface area contributed by atoms with Crippen molar-refractivity contribution in [1.29, 1.82) is 0 Å². The van der Waals surface area contributed by atoms with Gasteiger partial charge < -0.3 is 5.32 Å². The molecule has 0 aliphatic heterocycles. The molecule has 4 rings (SSSR count). The zero-order chi connectivity index (χ0) is 19.3. The van der Waals surface area contributed by atoms with E-state index in [0.29, 0.717) is 22.9 Å². The molecule has 0 radical (unpaired) electrons. The normalized spacial score (nSPS) is 10.6. The molecule has 0 saturated carbocycles. The fourth-order valence-electron chi connectivity index (χ4n) is 2.96. The van der Waals surface area contributed by atoms with Crippen LogP contribution in [0.4, 0.5) is 5.82 Å². The minimum absolute atomic E-state index is 0.244. The highest BCUT2D eigenvalue weighted by Crippen LogP contribution is 2.22. The second-order valence-corrected chi connectivity index (χ2v) is 6.81. The number of carbonyl (C=O) groups excluding carboxylic acids is 1. The van der Waals surface area contributed by atoms with E-state index >= 15 is 0 Å². The van der Waals surface area contributed by atoms with Crippen molar-refractivity contribution in [3.05, 3.63) is 107 Å². The van der Waals surface area contributed by atoms with Crippen molar-refractivity contribution in [3.63, 3.8) is 0 Å². The van der Waals surface area contributed by atoms with E-state index in [9.17, 15) is 4.79 Å². The smallest absolute Gasteiger partial charge is 0.256 e. The number of benzene rings is 3. The van der Waals surface area contributed by atoms with E-state index in [1.165, 1.54) is 0 Å². The van der Waals surface area contributed by atoms with Gasteiger partial charge >= 0.3 is 0 Å². The van der Waals surface area contributed by atoms with Crippen molar-refractivity contribution in [2.45, 2.75) is 6.54 Å². The Balaban J connectivity index is 1.46. The first kappa shape index (κ1) is 18.0. The van der Waals surface area contributed by atoms with E-state index in [2.05, 4.69) is 10.4 Å². The summed E-state index contributed by atoms with van der Waals surface area (Å²) in [6.45, 7) is 0.586. The molecule has 0 bridgehead atoms. The number of rotatable bonds is 5. The van der Waals surface area contributed by atoms with Gasteiger partial charge in [0.15, 0.2) is 5.82 Å². The lowest BCUT2D eigenvalue weighted by Crippen LogP contribution is -2.13. The first-order valence-electron chi connectivity index (χ1n) is 8.93. The molecule has 1 amide bonds. The van der Waals surface area contributed by atoms with Crippen LogP contribution in [0.5, 0.6) is 0 Å². The third-order valence-corrected chi connectivity index (χ3v) is 4.67. The summed E-state index contributed by atoms with van der Waals surface area (Å²) < 4.78 is 1.71. The maximum Gasteiger partial charge on any atom is 0.256 e. The predicted molar refractivity (Wildman–Crippen MR) is 113 cm³/mol. The first-order valence-corrected chi connectivity index (χ1v) is 9.30. The van der Waals surface area contributed by atoms with Crippen molar-refractivity contribution in [2.75, 3.05) is 5.32 Å². The molecule has 0 atom stereocenters. The summed E-state index contributed by atoms with van der Waals surface area (Å²) in [4.78, 5) is 12.6. The maximum absolute atomic E-state index is 12.6. The van der Waals surface area contributed by atoms with Crippen LogP contribution in [-0.2, 0) is 6.54 Å². The van der Waals surface area contributed by atoms with Gasteiger partial charge in [0.1, 0.15) is 5.02 Å². The molecule has 0 unspecified atom stereocenters. The molecular weight excluding hydrogens is 370 g/mol. The fourth-order valence-corrected chi connectivity index (χ4v) is 3.16. The van der Waals surface area contributed by atoms with Gasteiger partial charge in [-0.1, -0.05) is 84.4 Å². The zero-order valence-corrected chi connectivity index (χ0v) is 15.8. The Labute approximate surface area is 168 Å². The fraction of sp³-hybridized carbons (Fsp3) is 0.0435. The van der Waals surface area contributed by atoms with Gasteiger partial charge in [-0.2, -0.15) is 5.10 Å². The number of carbonyl (C=O) groups is 1. The van der Waals surface area contributed by atoms with Gasteiger partial charge in [-0.05, 0) is 28.8 Å². The average Bonchev–Trinajstić information content (AvgIpc) is 3.08. The van der Waals surface area contributed by atoms with Gasteiger partial charge in [-0.25, -0.2) is 0 Å². The number of halogens is 1. The molecule has 0 spiro atoms. The molecule has 138 valence electrons. The van der Waals surface area contributed by atoms with Gasteiger partial charge in [-0.3, -0.25) is 9.48 Å². The SMILES string of the molecule is O=C(Nc1nn(Cc2ccccc2)cc1Cl)c1ccc(-c2ccccc2)cc1. The summed E-state index contributed by atoms with van der Waals surface area (Å²) in [6.07, 6.45) is 1.71. The Morgan fingerprint density at radius 3 is 2.14 bits per heavy atom. The highest BCUT2D eigenvalue weighted by atomic mass is 35.5. The van der Waals surface area contributed by atoms with Gasteiger partial charge in [0.2, 0.25) is 0 Å². The van der Waals surface area contributed by atoms with Crippen molar-refractivity contribution < 1.29 is 4.79 Å². The van der Waals surface area contributed by atoms with Crippen LogP contribution in [-0.4, -0.2) is 15.7 Å². The van der Waals surface area contributed by atoms with E-state index < -0.39 is 0 Å². The number of amides is 1. The molecular formula is C23H18ClN3O. The highest BCUT2D eigenvalue weighted by molar-refractivity contribution is 6.33. The third-order valence-electron chi connectivity index (χ3n) is 4.39. The van der Waals surface area contributed by atoms with Crippen LogP contribution in [0.3, 0.4) is 0 Å². The summed E-state index contributed by atoms with van der Waals surface area (Å²) in [5.41, 5.74) is 3.82. The lowest BCUT2D eigenvalue weighted by atomic mass is 10.0. The second-order valence-electron chi connectivity index (χ2n) is 6.41. The number of nitrogens with one attached hydrogen (secondary N) is 1. The monoisotopic (exact) mass is 387 g/mol. The van der Waals surface area contributed by atoms with Crippen molar-refractivity contribution >= 4 is 23.3 Å². The molecule has 3 aromatic carbocycles. The largest absolute Gasteiger partial charge is 0.304 e. The molecule has 0 aliphatic carbocycles. The van der Waals surface area contributed by atoms with E-state index in [1.807, 2.05) is 72.8 Å². The van der Waals surface area contributed by atoms with Crippen LogP contribution in [0, 0.1) is 0 Å². The van der Waals surface area contributed by atoms with Gasteiger partial charge in [0.25, 0.3) is 5.91 Å². The summed E-state index contributed by atoms with van der Waals surface area (Å²) in [5.74, 6) is 0.112. The van der Waals surface area contributed by atoms with E-state index in [0.717, 1.165) is 16.7 Å². The van der Waals surface area contributed by atoms with Crippen LogP contribution in [0.25, 0.3) is 11.1 Å². The number of aromatic nitrogens is 2. The van der Waals surface area contributed by atoms with Crippen LogP contribution >= 0.6 is 11.6 Å². The lowest BCUT2D eigenvalue weighted by Gasteiger charge is -2.05. The molecule has 0 saturated heterocycles. The molecule has 28 heavy (non-hydrogen) atoms. The molecule has 1 N–H and O–H groups in total. The lowest BCUT2D eigenvalue weighted by molar-refractivity contribution is 0.102. The Kier molecular flexibility index (Phi) is 5.22. The summed E-state index contributed by atoms with van der Waals surface area (Å²) in [5, 5.41) is 7.59. The topological polar surface area (TPSA) is 46.9 Å². The maximum atomic E-state index is 12.6. The molecule has 0 fully saturated rings. The summed E-state index contributed by atoms with van der Waals surface area (Å²) in [6, 6.07) is 27.4. The Morgan fingerprint density at radius 2 is 1.46 bits per heavy atom. The van der Waals surface area contributed by atoms with Gasteiger partial charge in [0.05, 0.1) is 6.54 Å². The number of hydrogen-bond acceptors (Lipinski definition) is 2. The number of anilines is 1. The standard InChI is InChI=1S/C23H18ClN3O/c24-21-16-27(15-17-7-3-1-4-8-17)26-22(21)25-23(28)20-13-11-19(12-14-20)18-9-5-2-6-10-18/h1-14,16H,15H2,(H,25,26,28). The second kappa shape index (κ2) is 8.11. The Hall–Kier alpha value is -3.37. The molecule has 1 aromatic heterocycles. The van der Waals surface area contributed by atoms with E-state index in [4.69, 9.17) is 11.6 Å². The molecule has 1 heterocycles. The quantitative estimate of drug-likeness (QED) is 0.491. The van der Waals surface area contributed by atoms with Crippen LogP contribution < -0.4 is 5.32 Å². The Morgan fingerprint density at radius 1 is 0.857 bits per heavy atom. The van der Waals surface area contributed by atoms with E-state index in [-0.39, 0.29) is 5.91 Å². The van der Waals surface area contributed by atoms with Crippen molar-refractivity contribution in [3.8, 4) is 11.1 Å². The minimum atomic E-state index is -0.244.